The summed E-state index contributed by atoms with van der Waals surface area (Å²) in [5.41, 5.74) is -0.643. The van der Waals surface area contributed by atoms with E-state index >= 15 is 0 Å². The van der Waals surface area contributed by atoms with Crippen LogP contribution in [0.5, 0.6) is 0 Å². The van der Waals surface area contributed by atoms with Gasteiger partial charge in [-0.2, -0.15) is 0 Å². The van der Waals surface area contributed by atoms with Crippen LogP contribution in [0.4, 0.5) is 0 Å². The predicted molar refractivity (Wildman–Crippen MR) is 77.0 cm³/mol. The normalized spacial score (nSPS) is 38.8. The monoisotopic (exact) mass is 278 g/mol. The maximum Gasteiger partial charge on any atom is 0.248 e. The van der Waals surface area contributed by atoms with E-state index in [9.17, 15) is 9.59 Å². The molecule has 3 atom stereocenters. The number of amides is 2. The van der Waals surface area contributed by atoms with Crippen LogP contribution in [0.1, 0.15) is 52.4 Å². The van der Waals surface area contributed by atoms with Gasteiger partial charge in [-0.1, -0.05) is 19.8 Å². The average molecular weight is 278 g/mol. The summed E-state index contributed by atoms with van der Waals surface area (Å²) in [7, 11) is 0. The Labute approximate surface area is 121 Å². The van der Waals surface area contributed by atoms with E-state index in [4.69, 9.17) is 0 Å². The Balaban J connectivity index is 1.75. The Kier molecular flexibility index (Phi) is 3.51. The minimum Gasteiger partial charge on any atom is -0.342 e. The molecule has 20 heavy (non-hydrogen) atoms. The van der Waals surface area contributed by atoms with Gasteiger partial charge in [0.2, 0.25) is 11.8 Å². The molecule has 0 aromatic carbocycles. The first-order valence-corrected chi connectivity index (χ1v) is 8.11. The second kappa shape index (κ2) is 5.05. The minimum absolute atomic E-state index is 0.0368. The molecule has 4 nitrogen and oxygen atoms in total. The van der Waals surface area contributed by atoms with Crippen LogP contribution >= 0.6 is 0 Å². The van der Waals surface area contributed by atoms with E-state index in [0.29, 0.717) is 30.7 Å². The highest BCUT2D eigenvalue weighted by Crippen LogP contribution is 2.42. The molecule has 1 saturated heterocycles. The number of nitrogens with one attached hydrogen (secondary N) is 1. The second-order valence-corrected chi connectivity index (χ2v) is 7.19. The zero-order chi connectivity index (χ0) is 14.3. The van der Waals surface area contributed by atoms with E-state index in [1.807, 2.05) is 11.8 Å². The Morgan fingerprint density at radius 1 is 1.25 bits per heavy atom. The fourth-order valence-electron chi connectivity index (χ4n) is 3.96. The van der Waals surface area contributed by atoms with Gasteiger partial charge in [-0.05, 0) is 43.9 Å². The summed E-state index contributed by atoms with van der Waals surface area (Å²) in [5, 5.41) is 3.00. The van der Waals surface area contributed by atoms with Gasteiger partial charge in [0.15, 0.2) is 0 Å². The van der Waals surface area contributed by atoms with Crippen molar-refractivity contribution in [3.05, 3.63) is 0 Å². The van der Waals surface area contributed by atoms with Crippen LogP contribution in [0.15, 0.2) is 0 Å². The number of hydrogen-bond donors (Lipinski definition) is 1. The van der Waals surface area contributed by atoms with E-state index in [1.165, 1.54) is 19.3 Å². The van der Waals surface area contributed by atoms with Crippen molar-refractivity contribution in [1.29, 1.82) is 0 Å². The standard InChI is InChI=1S/C16H26N2O2/c1-11-4-3-5-12(11)10-18-9-8-14(19)17-16(2,15(18)20)13-6-7-13/h11-13H,3-10H2,1-2H3,(H,17,19). The summed E-state index contributed by atoms with van der Waals surface area (Å²) in [6.07, 6.45) is 6.38. The zero-order valence-electron chi connectivity index (χ0n) is 12.7. The number of carbonyl (C=O) groups excluding carboxylic acids is 2. The van der Waals surface area contributed by atoms with Gasteiger partial charge in [0.25, 0.3) is 0 Å². The molecule has 1 aliphatic heterocycles. The Morgan fingerprint density at radius 2 is 2.00 bits per heavy atom. The highest BCUT2D eigenvalue weighted by Gasteiger charge is 2.51. The molecule has 112 valence electrons. The van der Waals surface area contributed by atoms with Crippen molar-refractivity contribution in [3.8, 4) is 0 Å². The third kappa shape index (κ3) is 2.45. The third-order valence-corrected chi connectivity index (χ3v) is 5.63. The van der Waals surface area contributed by atoms with Gasteiger partial charge >= 0.3 is 0 Å². The maximum atomic E-state index is 12.9. The van der Waals surface area contributed by atoms with Gasteiger partial charge in [0.1, 0.15) is 5.54 Å². The summed E-state index contributed by atoms with van der Waals surface area (Å²) < 4.78 is 0. The first-order valence-electron chi connectivity index (χ1n) is 8.11. The van der Waals surface area contributed by atoms with E-state index in [0.717, 1.165) is 19.4 Å². The lowest BCUT2D eigenvalue weighted by atomic mass is 9.92. The van der Waals surface area contributed by atoms with Crippen molar-refractivity contribution in [2.75, 3.05) is 13.1 Å². The first kappa shape index (κ1) is 13.9. The van der Waals surface area contributed by atoms with Gasteiger partial charge < -0.3 is 10.2 Å². The van der Waals surface area contributed by atoms with Crippen LogP contribution < -0.4 is 5.32 Å². The molecule has 2 aliphatic carbocycles. The molecule has 3 unspecified atom stereocenters. The van der Waals surface area contributed by atoms with Crippen LogP contribution in [-0.2, 0) is 9.59 Å². The maximum absolute atomic E-state index is 12.9. The summed E-state index contributed by atoms with van der Waals surface area (Å²) >= 11 is 0. The van der Waals surface area contributed by atoms with E-state index in [1.54, 1.807) is 0 Å². The van der Waals surface area contributed by atoms with Crippen molar-refractivity contribution >= 4 is 11.8 Å². The van der Waals surface area contributed by atoms with Gasteiger partial charge in [-0.15, -0.1) is 0 Å². The van der Waals surface area contributed by atoms with E-state index in [-0.39, 0.29) is 11.8 Å². The molecule has 0 spiro atoms. The molecule has 0 radical (unpaired) electrons. The Hall–Kier alpha value is -1.06. The first-order chi connectivity index (χ1) is 9.50. The van der Waals surface area contributed by atoms with Crippen LogP contribution in [0.2, 0.25) is 0 Å². The fourth-order valence-corrected chi connectivity index (χ4v) is 3.96. The molecule has 1 N–H and O–H groups in total. The molecular formula is C16H26N2O2. The summed E-state index contributed by atoms with van der Waals surface area (Å²) in [5.74, 6) is 1.87. The Bertz CT molecular complexity index is 419. The molecular weight excluding hydrogens is 252 g/mol. The predicted octanol–water partition coefficient (Wildman–Crippen LogP) is 1.94. The van der Waals surface area contributed by atoms with Crippen molar-refractivity contribution in [2.45, 2.75) is 57.9 Å². The van der Waals surface area contributed by atoms with Crippen LogP contribution in [0, 0.1) is 17.8 Å². The van der Waals surface area contributed by atoms with Crippen LogP contribution in [0.25, 0.3) is 0 Å². The van der Waals surface area contributed by atoms with Crippen molar-refractivity contribution in [3.63, 3.8) is 0 Å². The zero-order valence-corrected chi connectivity index (χ0v) is 12.7. The Morgan fingerprint density at radius 3 is 2.60 bits per heavy atom. The third-order valence-electron chi connectivity index (χ3n) is 5.63. The lowest BCUT2D eigenvalue weighted by molar-refractivity contribution is -0.139. The molecule has 4 heteroatoms. The highest BCUT2D eigenvalue weighted by atomic mass is 16.2. The van der Waals surface area contributed by atoms with Crippen molar-refractivity contribution < 1.29 is 9.59 Å². The summed E-state index contributed by atoms with van der Waals surface area (Å²) in [6, 6.07) is 0. The van der Waals surface area contributed by atoms with Gasteiger partial charge in [0.05, 0.1) is 0 Å². The molecule has 2 amide bonds. The number of carbonyl (C=O) groups is 2. The molecule has 0 aromatic heterocycles. The van der Waals surface area contributed by atoms with E-state index < -0.39 is 5.54 Å². The van der Waals surface area contributed by atoms with Crippen molar-refractivity contribution in [1.82, 2.24) is 10.2 Å². The average Bonchev–Trinajstić information content (AvgIpc) is 3.19. The minimum atomic E-state index is -0.643. The SMILES string of the molecule is CC1CCCC1CN1CCC(=O)NC(C)(C2CC2)C1=O. The number of rotatable bonds is 3. The van der Waals surface area contributed by atoms with Gasteiger partial charge in [0, 0.05) is 19.5 Å². The summed E-state index contributed by atoms with van der Waals surface area (Å²) in [6.45, 7) is 5.66. The van der Waals surface area contributed by atoms with E-state index in [2.05, 4.69) is 12.2 Å². The van der Waals surface area contributed by atoms with Crippen molar-refractivity contribution in [2.24, 2.45) is 17.8 Å². The molecule has 2 saturated carbocycles. The summed E-state index contributed by atoms with van der Waals surface area (Å²) in [4.78, 5) is 26.8. The highest BCUT2D eigenvalue weighted by molar-refractivity contribution is 5.93. The van der Waals surface area contributed by atoms with Gasteiger partial charge in [-0.25, -0.2) is 0 Å². The molecule has 0 aromatic rings. The molecule has 3 fully saturated rings. The smallest absolute Gasteiger partial charge is 0.248 e. The quantitative estimate of drug-likeness (QED) is 0.857. The molecule has 1 heterocycles. The largest absolute Gasteiger partial charge is 0.342 e. The lowest BCUT2D eigenvalue weighted by Gasteiger charge is -2.34. The molecule has 3 aliphatic rings. The lowest BCUT2D eigenvalue weighted by Crippen LogP contribution is -2.57. The van der Waals surface area contributed by atoms with Crippen LogP contribution in [-0.4, -0.2) is 35.3 Å². The number of nitrogens with zero attached hydrogens (tertiary/aromatic N) is 1. The van der Waals surface area contributed by atoms with Crippen LogP contribution in [0.3, 0.4) is 0 Å². The number of hydrogen-bond acceptors (Lipinski definition) is 2. The fraction of sp³-hybridized carbons (Fsp3) is 0.875. The second-order valence-electron chi connectivity index (χ2n) is 7.19. The molecule has 0 bridgehead atoms. The molecule has 3 rings (SSSR count). The topological polar surface area (TPSA) is 49.4 Å². The van der Waals surface area contributed by atoms with Gasteiger partial charge in [-0.3, -0.25) is 9.59 Å².